The van der Waals surface area contributed by atoms with Crippen LogP contribution in [-0.4, -0.2) is 58.3 Å². The number of nitrogens with one attached hydrogen (secondary N) is 1. The van der Waals surface area contributed by atoms with E-state index in [-0.39, 0.29) is 12.6 Å². The highest BCUT2D eigenvalue weighted by molar-refractivity contribution is 5.84. The van der Waals surface area contributed by atoms with Crippen molar-refractivity contribution in [1.29, 1.82) is 0 Å². The Morgan fingerprint density at radius 2 is 2.05 bits per heavy atom. The first-order valence-corrected chi connectivity index (χ1v) is 6.07. The second-order valence-corrected chi connectivity index (χ2v) is 4.70. The van der Waals surface area contributed by atoms with Gasteiger partial charge in [-0.2, -0.15) is 0 Å². The summed E-state index contributed by atoms with van der Waals surface area (Å²) in [6.45, 7) is 1.29. The van der Waals surface area contributed by atoms with E-state index in [2.05, 4.69) is 5.32 Å². The van der Waals surface area contributed by atoms with Gasteiger partial charge < -0.3 is 26.2 Å². The highest BCUT2D eigenvalue weighted by atomic mass is 16.4. The summed E-state index contributed by atoms with van der Waals surface area (Å²) in [7, 11) is 0. The molecule has 5 N–H and O–H groups in total. The molecule has 1 rings (SSSR count). The molecule has 8 nitrogen and oxygen atoms in total. The molecule has 1 aliphatic heterocycles. The van der Waals surface area contributed by atoms with Gasteiger partial charge in [-0.1, -0.05) is 0 Å². The summed E-state index contributed by atoms with van der Waals surface area (Å²) in [4.78, 5) is 35.2. The molecule has 3 unspecified atom stereocenters. The highest BCUT2D eigenvalue weighted by Gasteiger charge is 2.33. The smallest absolute Gasteiger partial charge is 0.328 e. The lowest BCUT2D eigenvalue weighted by Crippen LogP contribution is -2.55. The number of aliphatic hydroxyl groups excluding tert-OH is 1. The first-order chi connectivity index (χ1) is 8.86. The minimum atomic E-state index is -1.35. The molecule has 0 aromatic carbocycles. The van der Waals surface area contributed by atoms with Crippen molar-refractivity contribution in [3.8, 4) is 0 Å². The zero-order valence-electron chi connectivity index (χ0n) is 10.7. The molecule has 1 heterocycles. The molecule has 0 aliphatic carbocycles. The second-order valence-electron chi connectivity index (χ2n) is 4.70. The molecule has 8 heteroatoms. The zero-order chi connectivity index (χ0) is 14.6. The van der Waals surface area contributed by atoms with E-state index in [1.165, 1.54) is 4.90 Å². The minimum Gasteiger partial charge on any atom is -0.480 e. The first kappa shape index (κ1) is 15.2. The van der Waals surface area contributed by atoms with Crippen LogP contribution < -0.4 is 11.1 Å². The highest BCUT2D eigenvalue weighted by Crippen LogP contribution is 2.21. The number of piperidine rings is 1. The van der Waals surface area contributed by atoms with Crippen LogP contribution in [0.3, 0.4) is 0 Å². The summed E-state index contributed by atoms with van der Waals surface area (Å²) < 4.78 is 0. The number of aliphatic carboxylic acids is 1. The van der Waals surface area contributed by atoms with E-state index >= 15 is 0 Å². The normalized spacial score (nSPS) is 24.6. The van der Waals surface area contributed by atoms with Crippen molar-refractivity contribution in [3.63, 3.8) is 0 Å². The van der Waals surface area contributed by atoms with Crippen LogP contribution in [0.25, 0.3) is 0 Å². The monoisotopic (exact) mass is 273 g/mol. The Morgan fingerprint density at radius 3 is 2.53 bits per heavy atom. The van der Waals surface area contributed by atoms with Gasteiger partial charge in [-0.15, -0.1) is 0 Å². The average molecular weight is 273 g/mol. The van der Waals surface area contributed by atoms with Crippen LogP contribution in [0.2, 0.25) is 0 Å². The summed E-state index contributed by atoms with van der Waals surface area (Å²) in [5.41, 5.74) is 5.22. The molecule has 0 radical (unpaired) electrons. The lowest BCUT2D eigenvalue weighted by molar-refractivity contribution is -0.140. The SMILES string of the molecule is CC1CCC(C(N)=O)CN1C(=O)NC(CO)C(=O)O. The van der Waals surface area contributed by atoms with E-state index in [9.17, 15) is 14.4 Å². The fraction of sp³-hybridized carbons (Fsp3) is 0.727. The third kappa shape index (κ3) is 3.82. The molecule has 0 aromatic rings. The number of aliphatic hydroxyl groups is 1. The number of carboxylic acids is 1. The molecular weight excluding hydrogens is 254 g/mol. The maximum absolute atomic E-state index is 11.9. The van der Waals surface area contributed by atoms with Gasteiger partial charge in [0, 0.05) is 12.6 Å². The molecule has 0 bridgehead atoms. The number of likely N-dealkylation sites (tertiary alicyclic amines) is 1. The quantitative estimate of drug-likeness (QED) is 0.506. The predicted molar refractivity (Wildman–Crippen MR) is 65.1 cm³/mol. The van der Waals surface area contributed by atoms with E-state index in [1.54, 1.807) is 0 Å². The number of urea groups is 1. The van der Waals surface area contributed by atoms with Gasteiger partial charge in [0.05, 0.1) is 12.5 Å². The molecule has 108 valence electrons. The van der Waals surface area contributed by atoms with Crippen LogP contribution in [0.4, 0.5) is 4.79 Å². The van der Waals surface area contributed by atoms with Gasteiger partial charge in [0.2, 0.25) is 5.91 Å². The predicted octanol–water partition coefficient (Wildman–Crippen LogP) is -1.27. The zero-order valence-corrected chi connectivity index (χ0v) is 10.7. The Balaban J connectivity index is 2.68. The Kier molecular flexibility index (Phi) is 5.11. The van der Waals surface area contributed by atoms with Crippen LogP contribution in [0.5, 0.6) is 0 Å². The van der Waals surface area contributed by atoms with Crippen molar-refractivity contribution in [2.75, 3.05) is 13.2 Å². The van der Waals surface area contributed by atoms with Crippen LogP contribution in [0, 0.1) is 5.92 Å². The number of carbonyl (C=O) groups excluding carboxylic acids is 2. The number of carboxylic acid groups (broad SMARTS) is 1. The molecule has 1 aliphatic rings. The molecule has 0 saturated carbocycles. The molecule has 3 atom stereocenters. The van der Waals surface area contributed by atoms with Gasteiger partial charge in [0.25, 0.3) is 0 Å². The Labute approximate surface area is 110 Å². The van der Waals surface area contributed by atoms with Crippen LogP contribution in [0.15, 0.2) is 0 Å². The maximum Gasteiger partial charge on any atom is 0.328 e. The summed E-state index contributed by atoms with van der Waals surface area (Å²) in [5, 5.41) is 19.8. The van der Waals surface area contributed by atoms with Gasteiger partial charge in [0.1, 0.15) is 0 Å². The van der Waals surface area contributed by atoms with E-state index in [1.807, 2.05) is 6.92 Å². The Morgan fingerprint density at radius 1 is 1.42 bits per heavy atom. The molecule has 1 fully saturated rings. The van der Waals surface area contributed by atoms with Gasteiger partial charge >= 0.3 is 12.0 Å². The number of amides is 3. The van der Waals surface area contributed by atoms with E-state index < -0.39 is 36.5 Å². The van der Waals surface area contributed by atoms with Crippen molar-refractivity contribution < 1.29 is 24.6 Å². The van der Waals surface area contributed by atoms with Gasteiger partial charge in [-0.25, -0.2) is 9.59 Å². The van der Waals surface area contributed by atoms with E-state index in [4.69, 9.17) is 15.9 Å². The van der Waals surface area contributed by atoms with Crippen molar-refractivity contribution in [1.82, 2.24) is 10.2 Å². The number of hydrogen-bond acceptors (Lipinski definition) is 4. The Hall–Kier alpha value is -1.83. The molecule has 0 spiro atoms. The van der Waals surface area contributed by atoms with Crippen molar-refractivity contribution in [2.45, 2.75) is 31.8 Å². The molecule has 19 heavy (non-hydrogen) atoms. The summed E-state index contributed by atoms with van der Waals surface area (Å²) in [6.07, 6.45) is 1.24. The van der Waals surface area contributed by atoms with Gasteiger partial charge in [-0.3, -0.25) is 4.79 Å². The number of primary amides is 1. The Bertz CT molecular complexity index is 373. The van der Waals surface area contributed by atoms with Crippen LogP contribution >= 0.6 is 0 Å². The molecule has 0 aromatic heterocycles. The van der Waals surface area contributed by atoms with Gasteiger partial charge in [-0.05, 0) is 19.8 Å². The number of hydrogen-bond donors (Lipinski definition) is 4. The lowest BCUT2D eigenvalue weighted by atomic mass is 9.93. The topological polar surface area (TPSA) is 133 Å². The summed E-state index contributed by atoms with van der Waals surface area (Å²) in [6, 6.07) is -2.07. The van der Waals surface area contributed by atoms with Crippen molar-refractivity contribution in [3.05, 3.63) is 0 Å². The molecular formula is C11H19N3O5. The third-order valence-corrected chi connectivity index (χ3v) is 3.32. The molecule has 3 amide bonds. The first-order valence-electron chi connectivity index (χ1n) is 6.07. The number of rotatable bonds is 4. The van der Waals surface area contributed by atoms with E-state index in [0.29, 0.717) is 12.8 Å². The van der Waals surface area contributed by atoms with Gasteiger partial charge in [0.15, 0.2) is 6.04 Å². The van der Waals surface area contributed by atoms with E-state index in [0.717, 1.165) is 0 Å². The number of nitrogens with zero attached hydrogens (tertiary/aromatic N) is 1. The fourth-order valence-corrected chi connectivity index (χ4v) is 2.04. The van der Waals surface area contributed by atoms with Crippen molar-refractivity contribution in [2.24, 2.45) is 11.7 Å². The average Bonchev–Trinajstić information content (AvgIpc) is 2.35. The summed E-state index contributed by atoms with van der Waals surface area (Å²) >= 11 is 0. The standard InChI is InChI=1S/C11H19N3O5/c1-6-2-3-7(9(12)16)4-14(6)11(19)13-8(5-15)10(17)18/h6-8,15H,2-5H2,1H3,(H2,12,16)(H,13,19)(H,17,18). The lowest BCUT2D eigenvalue weighted by Gasteiger charge is -2.37. The third-order valence-electron chi connectivity index (χ3n) is 3.32. The minimum absolute atomic E-state index is 0.108. The van der Waals surface area contributed by atoms with Crippen LogP contribution in [-0.2, 0) is 9.59 Å². The number of carbonyl (C=O) groups is 3. The van der Waals surface area contributed by atoms with Crippen LogP contribution in [0.1, 0.15) is 19.8 Å². The number of nitrogens with two attached hydrogens (primary N) is 1. The largest absolute Gasteiger partial charge is 0.480 e. The molecule has 1 saturated heterocycles. The second kappa shape index (κ2) is 6.37. The van der Waals surface area contributed by atoms with Crippen molar-refractivity contribution >= 4 is 17.9 Å². The fourth-order valence-electron chi connectivity index (χ4n) is 2.04. The summed E-state index contributed by atoms with van der Waals surface area (Å²) in [5.74, 6) is -2.20. The maximum atomic E-state index is 11.9.